The first-order valence-electron chi connectivity index (χ1n) is 6.69. The molecule has 0 aliphatic carbocycles. The van der Waals surface area contributed by atoms with E-state index in [9.17, 15) is 5.11 Å². The highest BCUT2D eigenvalue weighted by atomic mass is 16.5. The molecule has 0 saturated heterocycles. The van der Waals surface area contributed by atoms with Crippen molar-refractivity contribution in [2.45, 2.75) is 18.9 Å². The summed E-state index contributed by atoms with van der Waals surface area (Å²) < 4.78 is 20.4. The van der Waals surface area contributed by atoms with Crippen molar-refractivity contribution in [1.29, 1.82) is 0 Å². The Morgan fingerprint density at radius 3 is 2.11 bits per heavy atom. The number of aliphatic hydroxyl groups is 1. The van der Waals surface area contributed by atoms with Crippen LogP contribution in [-0.4, -0.2) is 77.7 Å². The quantitative estimate of drug-likeness (QED) is 0.438. The van der Waals surface area contributed by atoms with Gasteiger partial charge in [0.15, 0.2) is 0 Å². The lowest BCUT2D eigenvalue weighted by Gasteiger charge is -2.23. The van der Waals surface area contributed by atoms with Gasteiger partial charge in [0.1, 0.15) is 0 Å². The number of rotatable bonds is 14. The van der Waals surface area contributed by atoms with Crippen LogP contribution in [0.25, 0.3) is 0 Å². The van der Waals surface area contributed by atoms with Gasteiger partial charge in [-0.05, 0) is 6.92 Å². The molecule has 0 fully saturated rings. The maximum atomic E-state index is 9.95. The van der Waals surface area contributed by atoms with E-state index in [1.807, 2.05) is 0 Å². The zero-order valence-electron chi connectivity index (χ0n) is 12.4. The summed E-state index contributed by atoms with van der Waals surface area (Å²) in [6.45, 7) is 6.56. The minimum absolute atomic E-state index is 0.532. The summed E-state index contributed by atoms with van der Waals surface area (Å²) in [6, 6.07) is 0. The molecule has 2 N–H and O–H groups in total. The molecule has 0 spiro atoms. The highest BCUT2D eigenvalue weighted by Crippen LogP contribution is 2.06. The van der Waals surface area contributed by atoms with Gasteiger partial charge < -0.3 is 29.4 Å². The predicted octanol–water partition coefficient (Wildman–Crippen LogP) is 0.0431. The number of ether oxygens (including phenoxy) is 4. The fourth-order valence-electron chi connectivity index (χ4n) is 1.38. The average molecular weight is 279 g/mol. The summed E-state index contributed by atoms with van der Waals surface area (Å²) in [7, 11) is 3.28. The second kappa shape index (κ2) is 12.8. The molecule has 0 aliphatic heterocycles. The summed E-state index contributed by atoms with van der Waals surface area (Å²) in [5.41, 5.74) is -0.737. The molecule has 0 saturated carbocycles. The molecule has 0 rings (SSSR count). The minimum atomic E-state index is -0.737. The Morgan fingerprint density at radius 2 is 1.47 bits per heavy atom. The zero-order valence-corrected chi connectivity index (χ0v) is 12.4. The van der Waals surface area contributed by atoms with E-state index >= 15 is 0 Å². The minimum Gasteiger partial charge on any atom is -0.389 e. The standard InChI is InChI=1S/C13H29NO5/c1-13(15,4-6-16-2)12-14-5-7-18-10-11-19-9-8-17-3/h14-15H,4-12H2,1-3H3. The van der Waals surface area contributed by atoms with Crippen molar-refractivity contribution < 1.29 is 24.1 Å². The predicted molar refractivity (Wildman–Crippen MR) is 73.5 cm³/mol. The Kier molecular flexibility index (Phi) is 12.6. The first-order chi connectivity index (χ1) is 9.12. The van der Waals surface area contributed by atoms with E-state index in [0.717, 1.165) is 0 Å². The summed E-state index contributed by atoms with van der Waals surface area (Å²) in [4.78, 5) is 0. The van der Waals surface area contributed by atoms with Crippen LogP contribution in [0.5, 0.6) is 0 Å². The maximum Gasteiger partial charge on any atom is 0.0765 e. The average Bonchev–Trinajstić information content (AvgIpc) is 2.38. The Labute approximate surface area is 116 Å². The summed E-state index contributed by atoms with van der Waals surface area (Å²) in [5, 5.41) is 13.1. The largest absolute Gasteiger partial charge is 0.389 e. The Hall–Kier alpha value is -0.240. The molecule has 0 amide bonds. The van der Waals surface area contributed by atoms with Crippen molar-refractivity contribution in [1.82, 2.24) is 5.32 Å². The second-order valence-electron chi connectivity index (χ2n) is 4.63. The molecule has 1 atom stereocenters. The van der Waals surface area contributed by atoms with E-state index in [-0.39, 0.29) is 0 Å². The van der Waals surface area contributed by atoms with Crippen LogP contribution in [0.4, 0.5) is 0 Å². The van der Waals surface area contributed by atoms with Crippen molar-refractivity contribution in [2.24, 2.45) is 0 Å². The topological polar surface area (TPSA) is 69.2 Å². The van der Waals surface area contributed by atoms with Crippen molar-refractivity contribution in [3.05, 3.63) is 0 Å². The van der Waals surface area contributed by atoms with Gasteiger partial charge in [-0.3, -0.25) is 0 Å². The zero-order chi connectivity index (χ0) is 14.4. The van der Waals surface area contributed by atoms with Crippen molar-refractivity contribution in [3.8, 4) is 0 Å². The van der Waals surface area contributed by atoms with Gasteiger partial charge in [-0.15, -0.1) is 0 Å². The molecule has 1 unspecified atom stereocenters. The lowest BCUT2D eigenvalue weighted by atomic mass is 10.0. The molecule has 0 aromatic rings. The van der Waals surface area contributed by atoms with E-state index in [2.05, 4.69) is 5.32 Å². The molecule has 0 bridgehead atoms. The van der Waals surface area contributed by atoms with Crippen LogP contribution in [-0.2, 0) is 18.9 Å². The summed E-state index contributed by atoms with van der Waals surface area (Å²) in [5.74, 6) is 0. The molecule has 0 aromatic carbocycles. The Balaban J connectivity index is 3.21. The van der Waals surface area contributed by atoms with Gasteiger partial charge in [-0.2, -0.15) is 0 Å². The molecule has 0 heterocycles. The van der Waals surface area contributed by atoms with Crippen LogP contribution in [0.2, 0.25) is 0 Å². The monoisotopic (exact) mass is 279 g/mol. The third kappa shape index (κ3) is 14.0. The molecule has 0 aliphatic rings. The van der Waals surface area contributed by atoms with Gasteiger partial charge in [0.25, 0.3) is 0 Å². The first kappa shape index (κ1) is 18.8. The van der Waals surface area contributed by atoms with Gasteiger partial charge >= 0.3 is 0 Å². The van der Waals surface area contributed by atoms with E-state index in [1.54, 1.807) is 21.1 Å². The normalized spacial score (nSPS) is 14.5. The number of hydrogen-bond donors (Lipinski definition) is 2. The van der Waals surface area contributed by atoms with Gasteiger partial charge in [-0.1, -0.05) is 0 Å². The Bertz CT molecular complexity index is 190. The maximum absolute atomic E-state index is 9.95. The van der Waals surface area contributed by atoms with Crippen LogP contribution in [0.3, 0.4) is 0 Å². The molecular formula is C13H29NO5. The number of hydrogen-bond acceptors (Lipinski definition) is 6. The molecular weight excluding hydrogens is 250 g/mol. The molecule has 116 valence electrons. The van der Waals surface area contributed by atoms with Crippen LogP contribution < -0.4 is 5.32 Å². The lowest BCUT2D eigenvalue weighted by Crippen LogP contribution is -2.40. The van der Waals surface area contributed by atoms with Crippen LogP contribution in [0, 0.1) is 0 Å². The van der Waals surface area contributed by atoms with Crippen molar-refractivity contribution in [2.75, 3.05) is 67.0 Å². The smallest absolute Gasteiger partial charge is 0.0765 e. The lowest BCUT2D eigenvalue weighted by molar-refractivity contribution is 0.0160. The van der Waals surface area contributed by atoms with E-state index in [1.165, 1.54) is 0 Å². The molecule has 0 aromatic heterocycles. The van der Waals surface area contributed by atoms with Gasteiger partial charge in [0.2, 0.25) is 0 Å². The summed E-state index contributed by atoms with van der Waals surface area (Å²) in [6.07, 6.45) is 0.616. The van der Waals surface area contributed by atoms with E-state index in [0.29, 0.717) is 59.2 Å². The van der Waals surface area contributed by atoms with Crippen molar-refractivity contribution >= 4 is 0 Å². The third-order valence-corrected chi connectivity index (χ3v) is 2.58. The highest BCUT2D eigenvalue weighted by molar-refractivity contribution is 4.74. The number of nitrogens with one attached hydrogen (secondary N) is 1. The van der Waals surface area contributed by atoms with Gasteiger partial charge in [0.05, 0.1) is 38.6 Å². The van der Waals surface area contributed by atoms with Crippen molar-refractivity contribution in [3.63, 3.8) is 0 Å². The third-order valence-electron chi connectivity index (χ3n) is 2.58. The van der Waals surface area contributed by atoms with E-state index < -0.39 is 5.60 Å². The molecule has 0 radical (unpaired) electrons. The summed E-state index contributed by atoms with van der Waals surface area (Å²) >= 11 is 0. The number of methoxy groups -OCH3 is 2. The first-order valence-corrected chi connectivity index (χ1v) is 6.69. The fourth-order valence-corrected chi connectivity index (χ4v) is 1.38. The van der Waals surface area contributed by atoms with Gasteiger partial charge in [-0.25, -0.2) is 0 Å². The van der Waals surface area contributed by atoms with Crippen LogP contribution >= 0.6 is 0 Å². The van der Waals surface area contributed by atoms with E-state index in [4.69, 9.17) is 18.9 Å². The highest BCUT2D eigenvalue weighted by Gasteiger charge is 2.18. The Morgan fingerprint density at radius 1 is 0.895 bits per heavy atom. The molecule has 19 heavy (non-hydrogen) atoms. The van der Waals surface area contributed by atoms with Crippen LogP contribution in [0.15, 0.2) is 0 Å². The molecule has 6 heteroatoms. The fraction of sp³-hybridized carbons (Fsp3) is 1.00. The SMILES string of the molecule is COCCOCCOCCNCC(C)(O)CCOC. The van der Waals surface area contributed by atoms with Crippen LogP contribution in [0.1, 0.15) is 13.3 Å². The van der Waals surface area contributed by atoms with Gasteiger partial charge in [0, 0.05) is 40.3 Å². The second-order valence-corrected chi connectivity index (χ2v) is 4.63. The molecule has 6 nitrogen and oxygen atoms in total.